The van der Waals surface area contributed by atoms with Crippen molar-refractivity contribution in [2.24, 2.45) is 11.1 Å². The van der Waals surface area contributed by atoms with Crippen molar-refractivity contribution in [2.45, 2.75) is 46.0 Å². The second-order valence-corrected chi connectivity index (χ2v) is 5.27. The third-order valence-electron chi connectivity index (χ3n) is 4.44. The number of aryl methyl sites for hydroxylation is 1. The molecule has 4 nitrogen and oxygen atoms in total. The maximum absolute atomic E-state index is 5.93. The smallest absolute Gasteiger partial charge is 0.132 e. The maximum Gasteiger partial charge on any atom is 0.132 e. The molecule has 1 aromatic rings. The second-order valence-electron chi connectivity index (χ2n) is 5.27. The molecule has 0 radical (unpaired) electrons. The molecule has 18 heavy (non-hydrogen) atoms. The Bertz CT molecular complexity index is 391. The van der Waals surface area contributed by atoms with Crippen molar-refractivity contribution < 1.29 is 0 Å². The molecule has 0 atom stereocenters. The van der Waals surface area contributed by atoms with Gasteiger partial charge in [-0.2, -0.15) is 0 Å². The quantitative estimate of drug-likeness (QED) is 0.809. The van der Waals surface area contributed by atoms with Crippen molar-refractivity contribution in [3.63, 3.8) is 0 Å². The SMILES string of the molecule is CCC(CC)(CN)CNc1ncnc2c1CCC2. The molecule has 1 heterocycles. The number of nitrogens with zero attached hydrogens (tertiary/aromatic N) is 2. The summed E-state index contributed by atoms with van der Waals surface area (Å²) in [5, 5.41) is 3.51. The molecule has 0 aromatic carbocycles. The van der Waals surface area contributed by atoms with E-state index < -0.39 is 0 Å². The zero-order valence-electron chi connectivity index (χ0n) is 11.5. The Morgan fingerprint density at radius 2 is 2.06 bits per heavy atom. The summed E-state index contributed by atoms with van der Waals surface area (Å²) in [5.41, 5.74) is 8.66. The standard InChI is InChI=1S/C14H24N4/c1-3-14(4-2,8-15)9-16-13-11-6-5-7-12(11)17-10-18-13/h10H,3-9,15H2,1-2H3,(H,16,17,18). The van der Waals surface area contributed by atoms with Crippen LogP contribution in [0.25, 0.3) is 0 Å². The third-order valence-corrected chi connectivity index (χ3v) is 4.44. The molecule has 2 rings (SSSR count). The van der Waals surface area contributed by atoms with E-state index in [-0.39, 0.29) is 5.41 Å². The Morgan fingerprint density at radius 1 is 1.28 bits per heavy atom. The highest BCUT2D eigenvalue weighted by Gasteiger charge is 2.25. The summed E-state index contributed by atoms with van der Waals surface area (Å²) in [6, 6.07) is 0. The average molecular weight is 248 g/mol. The Balaban J connectivity index is 2.09. The van der Waals surface area contributed by atoms with Crippen LogP contribution in [0.5, 0.6) is 0 Å². The number of hydrogen-bond donors (Lipinski definition) is 2. The van der Waals surface area contributed by atoms with Gasteiger partial charge in [-0.25, -0.2) is 9.97 Å². The third kappa shape index (κ3) is 2.48. The van der Waals surface area contributed by atoms with Crippen molar-refractivity contribution in [3.05, 3.63) is 17.6 Å². The summed E-state index contributed by atoms with van der Waals surface area (Å²) >= 11 is 0. The molecule has 1 aromatic heterocycles. The molecule has 0 unspecified atom stereocenters. The second kappa shape index (κ2) is 5.65. The minimum absolute atomic E-state index is 0.191. The van der Waals surface area contributed by atoms with Crippen LogP contribution >= 0.6 is 0 Å². The van der Waals surface area contributed by atoms with Crippen LogP contribution in [0.1, 0.15) is 44.4 Å². The van der Waals surface area contributed by atoms with Crippen LogP contribution in [-0.4, -0.2) is 23.1 Å². The van der Waals surface area contributed by atoms with Gasteiger partial charge in [0.15, 0.2) is 0 Å². The molecule has 0 saturated heterocycles. The minimum Gasteiger partial charge on any atom is -0.369 e. The van der Waals surface area contributed by atoms with Gasteiger partial charge in [-0.3, -0.25) is 0 Å². The lowest BCUT2D eigenvalue weighted by molar-refractivity contribution is 0.294. The van der Waals surface area contributed by atoms with Gasteiger partial charge in [0.1, 0.15) is 12.1 Å². The number of hydrogen-bond acceptors (Lipinski definition) is 4. The molecule has 100 valence electrons. The molecule has 0 fully saturated rings. The van der Waals surface area contributed by atoms with Gasteiger partial charge in [0.25, 0.3) is 0 Å². The van der Waals surface area contributed by atoms with E-state index in [2.05, 4.69) is 29.1 Å². The Labute approximate surface area is 109 Å². The first-order valence-electron chi connectivity index (χ1n) is 7.01. The van der Waals surface area contributed by atoms with Crippen molar-refractivity contribution in [1.29, 1.82) is 0 Å². The van der Waals surface area contributed by atoms with Crippen molar-refractivity contribution in [3.8, 4) is 0 Å². The normalized spacial score (nSPS) is 14.6. The highest BCUT2D eigenvalue weighted by molar-refractivity contribution is 5.48. The van der Waals surface area contributed by atoms with Crippen LogP contribution in [0, 0.1) is 5.41 Å². The van der Waals surface area contributed by atoms with Gasteiger partial charge in [0, 0.05) is 17.8 Å². The van der Waals surface area contributed by atoms with Crippen LogP contribution in [0.4, 0.5) is 5.82 Å². The van der Waals surface area contributed by atoms with E-state index >= 15 is 0 Å². The van der Waals surface area contributed by atoms with Crippen LogP contribution in [-0.2, 0) is 12.8 Å². The van der Waals surface area contributed by atoms with Crippen molar-refractivity contribution in [2.75, 3.05) is 18.4 Å². The number of nitrogens with one attached hydrogen (secondary N) is 1. The average Bonchev–Trinajstić information content (AvgIpc) is 2.90. The molecule has 0 saturated carbocycles. The van der Waals surface area contributed by atoms with E-state index in [4.69, 9.17) is 5.73 Å². The molecule has 1 aliphatic rings. The predicted octanol–water partition coefficient (Wildman–Crippen LogP) is 2.14. The largest absolute Gasteiger partial charge is 0.369 e. The van der Waals surface area contributed by atoms with E-state index in [1.165, 1.54) is 17.7 Å². The van der Waals surface area contributed by atoms with Crippen molar-refractivity contribution in [1.82, 2.24) is 9.97 Å². The lowest BCUT2D eigenvalue weighted by atomic mass is 9.82. The van der Waals surface area contributed by atoms with Crippen LogP contribution in [0.2, 0.25) is 0 Å². The highest BCUT2D eigenvalue weighted by atomic mass is 15.0. The number of aromatic nitrogens is 2. The summed E-state index contributed by atoms with van der Waals surface area (Å²) in [6.07, 6.45) is 7.27. The van der Waals surface area contributed by atoms with Gasteiger partial charge in [-0.1, -0.05) is 13.8 Å². The fourth-order valence-electron chi connectivity index (χ4n) is 2.64. The summed E-state index contributed by atoms with van der Waals surface area (Å²) in [7, 11) is 0. The monoisotopic (exact) mass is 248 g/mol. The van der Waals surface area contributed by atoms with Crippen LogP contribution < -0.4 is 11.1 Å². The first-order chi connectivity index (χ1) is 8.74. The molecular weight excluding hydrogens is 224 g/mol. The topological polar surface area (TPSA) is 63.8 Å². The van der Waals surface area contributed by atoms with E-state index in [0.29, 0.717) is 0 Å². The van der Waals surface area contributed by atoms with Crippen LogP contribution in [0.15, 0.2) is 6.33 Å². The Hall–Kier alpha value is -1.16. The van der Waals surface area contributed by atoms with Gasteiger partial charge in [0.2, 0.25) is 0 Å². The molecule has 0 amide bonds. The molecule has 0 bridgehead atoms. The number of nitrogens with two attached hydrogens (primary N) is 1. The molecule has 3 N–H and O–H groups in total. The van der Waals surface area contributed by atoms with Gasteiger partial charge in [-0.15, -0.1) is 0 Å². The van der Waals surface area contributed by atoms with Crippen molar-refractivity contribution >= 4 is 5.82 Å². The summed E-state index contributed by atoms with van der Waals surface area (Å²) in [4.78, 5) is 8.74. The minimum atomic E-state index is 0.191. The molecule has 0 aliphatic heterocycles. The highest BCUT2D eigenvalue weighted by Crippen LogP contribution is 2.28. The molecule has 0 spiro atoms. The van der Waals surface area contributed by atoms with Crippen LogP contribution in [0.3, 0.4) is 0 Å². The lowest BCUT2D eigenvalue weighted by Gasteiger charge is -2.30. The summed E-state index contributed by atoms with van der Waals surface area (Å²) < 4.78 is 0. The lowest BCUT2D eigenvalue weighted by Crippen LogP contribution is -2.36. The first kappa shape index (κ1) is 13.3. The molecule has 4 heteroatoms. The van der Waals surface area contributed by atoms with E-state index in [0.717, 1.165) is 44.6 Å². The Morgan fingerprint density at radius 3 is 2.72 bits per heavy atom. The number of fused-ring (bicyclic) bond motifs is 1. The van der Waals surface area contributed by atoms with E-state index in [9.17, 15) is 0 Å². The van der Waals surface area contributed by atoms with E-state index in [1.807, 2.05) is 0 Å². The Kier molecular flexibility index (Phi) is 4.17. The molecular formula is C14H24N4. The summed E-state index contributed by atoms with van der Waals surface area (Å²) in [6.45, 7) is 6.05. The maximum atomic E-state index is 5.93. The van der Waals surface area contributed by atoms with Gasteiger partial charge in [0.05, 0.1) is 0 Å². The fourth-order valence-corrected chi connectivity index (χ4v) is 2.64. The first-order valence-corrected chi connectivity index (χ1v) is 7.01. The fraction of sp³-hybridized carbons (Fsp3) is 0.714. The number of rotatable bonds is 6. The zero-order chi connectivity index (χ0) is 13.0. The molecule has 1 aliphatic carbocycles. The summed E-state index contributed by atoms with van der Waals surface area (Å²) in [5.74, 6) is 1.03. The zero-order valence-corrected chi connectivity index (χ0v) is 11.5. The predicted molar refractivity (Wildman–Crippen MR) is 74.6 cm³/mol. The van der Waals surface area contributed by atoms with Gasteiger partial charge < -0.3 is 11.1 Å². The van der Waals surface area contributed by atoms with E-state index in [1.54, 1.807) is 6.33 Å². The number of anilines is 1. The van der Waals surface area contributed by atoms with Gasteiger partial charge >= 0.3 is 0 Å². The van der Waals surface area contributed by atoms with Gasteiger partial charge in [-0.05, 0) is 44.1 Å².